The summed E-state index contributed by atoms with van der Waals surface area (Å²) in [6.45, 7) is 0. The molecule has 0 aliphatic carbocycles. The molecule has 0 aromatic carbocycles. The summed E-state index contributed by atoms with van der Waals surface area (Å²) < 4.78 is 0. The van der Waals surface area contributed by atoms with Crippen LogP contribution in [0.2, 0.25) is 0 Å². The zero-order chi connectivity index (χ0) is 10.9. The van der Waals surface area contributed by atoms with Crippen molar-refractivity contribution in [1.82, 2.24) is 4.98 Å². The smallest absolute Gasteiger partial charge is 0.136 e. The minimum absolute atomic E-state index is 0.649. The lowest BCUT2D eigenvalue weighted by atomic mass is 10.4. The van der Waals surface area contributed by atoms with Gasteiger partial charge >= 0.3 is 0 Å². The predicted molar refractivity (Wildman–Crippen MR) is 56.2 cm³/mol. The van der Waals surface area contributed by atoms with Gasteiger partial charge in [-0.05, 0) is 12.1 Å². The first-order valence-corrected chi connectivity index (χ1v) is 4.20. The largest absolute Gasteiger partial charge is 0.307 e. The highest BCUT2D eigenvalue weighted by atomic mass is 15.1. The molecule has 4 nitrogen and oxygen atoms in total. The van der Waals surface area contributed by atoms with Gasteiger partial charge in [0.15, 0.2) is 0 Å². The third-order valence-corrected chi connectivity index (χ3v) is 1.53. The van der Waals surface area contributed by atoms with E-state index in [1.165, 1.54) is 24.6 Å². The average molecular weight is 196 g/mol. The molecule has 0 amide bonds. The minimum atomic E-state index is 0.649. The molecule has 0 radical (unpaired) electrons. The first-order valence-electron chi connectivity index (χ1n) is 4.20. The molecule has 0 fully saturated rings. The van der Waals surface area contributed by atoms with Crippen molar-refractivity contribution in [1.29, 1.82) is 10.5 Å². The number of aromatic nitrogens is 1. The monoisotopic (exact) mass is 196 g/mol. The van der Waals surface area contributed by atoms with Crippen LogP contribution in [0, 0.1) is 22.7 Å². The molecular weight excluding hydrogens is 188 g/mol. The average Bonchev–Trinajstić information content (AvgIpc) is 2.30. The Morgan fingerprint density at radius 1 is 1.13 bits per heavy atom. The molecule has 0 unspecified atom stereocenters. The van der Waals surface area contributed by atoms with Gasteiger partial charge in [0.2, 0.25) is 0 Å². The van der Waals surface area contributed by atoms with Crippen molar-refractivity contribution in [3.05, 3.63) is 48.9 Å². The number of anilines is 1. The molecule has 0 spiro atoms. The van der Waals surface area contributed by atoms with E-state index in [9.17, 15) is 0 Å². The van der Waals surface area contributed by atoms with Crippen LogP contribution in [-0.4, -0.2) is 4.98 Å². The zero-order valence-corrected chi connectivity index (χ0v) is 7.91. The van der Waals surface area contributed by atoms with Crippen molar-refractivity contribution in [3.8, 4) is 12.1 Å². The van der Waals surface area contributed by atoms with E-state index in [-0.39, 0.29) is 0 Å². The maximum Gasteiger partial charge on any atom is 0.136 e. The summed E-state index contributed by atoms with van der Waals surface area (Å²) in [5, 5.41) is 16.8. The summed E-state index contributed by atoms with van der Waals surface area (Å²) in [5.41, 5.74) is 0. The Bertz CT molecular complexity index is 410. The number of hydrogen-bond acceptors (Lipinski definition) is 4. The fraction of sp³-hybridized carbons (Fsp3) is 0. The van der Waals surface area contributed by atoms with Gasteiger partial charge < -0.3 is 4.90 Å². The molecule has 1 heterocycles. The fourth-order valence-electron chi connectivity index (χ4n) is 0.936. The van der Waals surface area contributed by atoms with Gasteiger partial charge in [-0.2, -0.15) is 10.5 Å². The number of hydrogen-bond donors (Lipinski definition) is 0. The molecule has 0 aliphatic heterocycles. The van der Waals surface area contributed by atoms with E-state index in [2.05, 4.69) is 4.98 Å². The van der Waals surface area contributed by atoms with E-state index in [0.717, 1.165) is 0 Å². The molecule has 0 aliphatic rings. The maximum atomic E-state index is 8.41. The lowest BCUT2D eigenvalue weighted by molar-refractivity contribution is 1.17. The van der Waals surface area contributed by atoms with Crippen molar-refractivity contribution >= 4 is 5.82 Å². The van der Waals surface area contributed by atoms with Crippen LogP contribution in [0.15, 0.2) is 48.9 Å². The van der Waals surface area contributed by atoms with E-state index in [0.29, 0.717) is 5.82 Å². The van der Waals surface area contributed by atoms with Crippen molar-refractivity contribution in [2.45, 2.75) is 0 Å². The lowest BCUT2D eigenvalue weighted by Crippen LogP contribution is -2.07. The van der Waals surface area contributed by atoms with Gasteiger partial charge in [-0.3, -0.25) is 0 Å². The van der Waals surface area contributed by atoms with Crippen LogP contribution in [0.25, 0.3) is 0 Å². The third kappa shape index (κ3) is 3.33. The number of pyridine rings is 1. The van der Waals surface area contributed by atoms with Gasteiger partial charge in [0.25, 0.3) is 0 Å². The second-order valence-corrected chi connectivity index (χ2v) is 2.48. The first kappa shape index (κ1) is 10.5. The van der Waals surface area contributed by atoms with Gasteiger partial charge in [0, 0.05) is 30.7 Å². The molecule has 0 atom stereocenters. The van der Waals surface area contributed by atoms with Crippen LogP contribution >= 0.6 is 0 Å². The molecule has 0 saturated carbocycles. The number of allylic oxidation sites excluding steroid dienone is 2. The lowest BCUT2D eigenvalue weighted by Gasteiger charge is -2.12. The standard InChI is InChI=1S/C11H8N4/c12-6-3-9-15(10-4-7-13)11-5-1-2-8-14-11/h1-5,8-10H/b9-3+,10-4+. The van der Waals surface area contributed by atoms with E-state index in [4.69, 9.17) is 10.5 Å². The summed E-state index contributed by atoms with van der Waals surface area (Å²) in [6.07, 6.45) is 7.35. The molecule has 1 aromatic heterocycles. The Kier molecular flexibility index (Phi) is 4.16. The number of nitriles is 2. The summed E-state index contributed by atoms with van der Waals surface area (Å²) in [5.74, 6) is 0.649. The molecule has 4 heteroatoms. The SMILES string of the molecule is N#C/C=C/N(/C=C/C#N)c1ccccn1. The minimum Gasteiger partial charge on any atom is -0.307 e. The quantitative estimate of drug-likeness (QED) is 0.693. The molecule has 1 aromatic rings. The van der Waals surface area contributed by atoms with E-state index < -0.39 is 0 Å². The summed E-state index contributed by atoms with van der Waals surface area (Å²) >= 11 is 0. The fourth-order valence-corrected chi connectivity index (χ4v) is 0.936. The van der Waals surface area contributed by atoms with Crippen LogP contribution in [0.3, 0.4) is 0 Å². The molecule has 15 heavy (non-hydrogen) atoms. The Labute approximate surface area is 88.0 Å². The number of nitrogens with zero attached hydrogens (tertiary/aromatic N) is 4. The summed E-state index contributed by atoms with van der Waals surface area (Å²) in [6, 6.07) is 9.16. The molecular formula is C11H8N4. The van der Waals surface area contributed by atoms with Gasteiger partial charge in [0.1, 0.15) is 5.82 Å². The Morgan fingerprint density at radius 3 is 2.27 bits per heavy atom. The van der Waals surface area contributed by atoms with Crippen molar-refractivity contribution < 1.29 is 0 Å². The van der Waals surface area contributed by atoms with Crippen LogP contribution in [0.4, 0.5) is 5.82 Å². The molecule has 0 N–H and O–H groups in total. The Morgan fingerprint density at radius 2 is 1.80 bits per heavy atom. The third-order valence-electron chi connectivity index (χ3n) is 1.53. The highest BCUT2D eigenvalue weighted by Crippen LogP contribution is 2.09. The second kappa shape index (κ2) is 5.95. The maximum absolute atomic E-state index is 8.41. The molecule has 0 saturated heterocycles. The van der Waals surface area contributed by atoms with Crippen LogP contribution < -0.4 is 4.90 Å². The van der Waals surface area contributed by atoms with E-state index in [1.807, 2.05) is 18.2 Å². The normalized spacial score (nSPS) is 10.0. The Hall–Kier alpha value is -2.59. The van der Waals surface area contributed by atoms with Crippen LogP contribution in [0.1, 0.15) is 0 Å². The van der Waals surface area contributed by atoms with Crippen molar-refractivity contribution in [2.75, 3.05) is 4.90 Å². The van der Waals surface area contributed by atoms with Gasteiger partial charge in [-0.25, -0.2) is 4.98 Å². The Balaban J connectivity index is 2.93. The molecule has 72 valence electrons. The summed E-state index contributed by atoms with van der Waals surface area (Å²) in [4.78, 5) is 5.68. The van der Waals surface area contributed by atoms with Crippen molar-refractivity contribution in [2.24, 2.45) is 0 Å². The zero-order valence-electron chi connectivity index (χ0n) is 7.91. The van der Waals surface area contributed by atoms with Gasteiger partial charge in [-0.15, -0.1) is 0 Å². The highest BCUT2D eigenvalue weighted by Gasteiger charge is 1.98. The van der Waals surface area contributed by atoms with E-state index in [1.54, 1.807) is 23.2 Å². The molecule has 0 bridgehead atoms. The van der Waals surface area contributed by atoms with E-state index >= 15 is 0 Å². The topological polar surface area (TPSA) is 63.7 Å². The van der Waals surface area contributed by atoms with Crippen LogP contribution in [0.5, 0.6) is 0 Å². The first-order chi connectivity index (χ1) is 7.38. The number of rotatable bonds is 3. The molecule has 1 rings (SSSR count). The highest BCUT2D eigenvalue weighted by molar-refractivity contribution is 5.46. The summed E-state index contributed by atoms with van der Waals surface area (Å²) in [7, 11) is 0. The van der Waals surface area contributed by atoms with Gasteiger partial charge in [-0.1, -0.05) is 6.07 Å². The van der Waals surface area contributed by atoms with Crippen molar-refractivity contribution in [3.63, 3.8) is 0 Å². The van der Waals surface area contributed by atoms with Gasteiger partial charge in [0.05, 0.1) is 12.1 Å². The second-order valence-electron chi connectivity index (χ2n) is 2.48. The predicted octanol–water partition coefficient (Wildman–Crippen LogP) is 1.96. The van der Waals surface area contributed by atoms with Crippen LogP contribution in [-0.2, 0) is 0 Å².